The van der Waals surface area contributed by atoms with E-state index in [2.05, 4.69) is 17.6 Å². The third-order valence-electron chi connectivity index (χ3n) is 4.98. The normalized spacial score (nSPS) is 15.0. The predicted octanol–water partition coefficient (Wildman–Crippen LogP) is 3.62. The molecule has 8 heteroatoms. The van der Waals surface area contributed by atoms with Crippen LogP contribution in [-0.2, 0) is 13.0 Å². The van der Waals surface area contributed by atoms with Crippen LogP contribution in [0.25, 0.3) is 0 Å². The van der Waals surface area contributed by atoms with Crippen molar-refractivity contribution < 1.29 is 23.7 Å². The van der Waals surface area contributed by atoms with Crippen molar-refractivity contribution in [3.8, 4) is 28.7 Å². The molecule has 0 saturated heterocycles. The molecule has 1 aliphatic rings. The van der Waals surface area contributed by atoms with E-state index in [1.165, 1.54) is 5.56 Å². The molecular formula is C23H31N3O5. The molecule has 2 aromatic rings. The molecule has 1 heterocycles. The lowest BCUT2D eigenvalue weighted by molar-refractivity contribution is 0.254. The van der Waals surface area contributed by atoms with Gasteiger partial charge in [0.2, 0.25) is 5.75 Å². The summed E-state index contributed by atoms with van der Waals surface area (Å²) in [6, 6.07) is 7.73. The lowest BCUT2D eigenvalue weighted by atomic mass is 10.1. The number of rotatable bonds is 8. The molecule has 1 aliphatic heterocycles. The van der Waals surface area contributed by atoms with Crippen LogP contribution in [0, 0.1) is 0 Å². The Morgan fingerprint density at radius 3 is 2.26 bits per heavy atom. The summed E-state index contributed by atoms with van der Waals surface area (Å²) in [5, 5.41) is 6.55. The minimum atomic E-state index is 0.178. The van der Waals surface area contributed by atoms with Crippen molar-refractivity contribution in [2.24, 2.45) is 4.99 Å². The number of nitrogens with one attached hydrogen (secondary N) is 2. The fourth-order valence-electron chi connectivity index (χ4n) is 3.56. The summed E-state index contributed by atoms with van der Waals surface area (Å²) in [6.45, 7) is 5.21. The van der Waals surface area contributed by atoms with Crippen LogP contribution in [0.4, 0.5) is 5.69 Å². The van der Waals surface area contributed by atoms with Crippen LogP contribution in [0.1, 0.15) is 25.0 Å². The number of methoxy groups -OCH3 is 4. The second kappa shape index (κ2) is 10.1. The summed E-state index contributed by atoms with van der Waals surface area (Å²) >= 11 is 0. The van der Waals surface area contributed by atoms with Gasteiger partial charge in [0, 0.05) is 41.9 Å². The van der Waals surface area contributed by atoms with Crippen LogP contribution >= 0.6 is 0 Å². The molecule has 3 rings (SSSR count). The third kappa shape index (κ3) is 5.07. The Morgan fingerprint density at radius 1 is 1.00 bits per heavy atom. The van der Waals surface area contributed by atoms with E-state index in [-0.39, 0.29) is 6.10 Å². The summed E-state index contributed by atoms with van der Waals surface area (Å²) in [7, 11) is 6.42. The van der Waals surface area contributed by atoms with Gasteiger partial charge in [0.25, 0.3) is 0 Å². The SMILES string of the molecule is CCNC(=NCc1cc2c(cc1OC)CC(C)O2)Nc1cc(OC)c(OC)c(OC)c1. The van der Waals surface area contributed by atoms with Crippen LogP contribution in [0.5, 0.6) is 28.7 Å². The van der Waals surface area contributed by atoms with Crippen molar-refractivity contribution in [2.45, 2.75) is 32.9 Å². The van der Waals surface area contributed by atoms with E-state index in [1.54, 1.807) is 28.4 Å². The molecule has 0 fully saturated rings. The van der Waals surface area contributed by atoms with Gasteiger partial charge in [-0.3, -0.25) is 0 Å². The van der Waals surface area contributed by atoms with Crippen molar-refractivity contribution >= 4 is 11.6 Å². The summed E-state index contributed by atoms with van der Waals surface area (Å²) in [4.78, 5) is 4.73. The molecule has 2 N–H and O–H groups in total. The second-order valence-electron chi connectivity index (χ2n) is 7.14. The zero-order valence-electron chi connectivity index (χ0n) is 19.0. The van der Waals surface area contributed by atoms with E-state index in [9.17, 15) is 0 Å². The molecule has 0 saturated carbocycles. The largest absolute Gasteiger partial charge is 0.496 e. The molecule has 0 spiro atoms. The summed E-state index contributed by atoms with van der Waals surface area (Å²) in [5.41, 5.74) is 2.88. The smallest absolute Gasteiger partial charge is 0.203 e. The molecule has 0 radical (unpaired) electrons. The van der Waals surface area contributed by atoms with Crippen LogP contribution in [-0.4, -0.2) is 47.0 Å². The predicted molar refractivity (Wildman–Crippen MR) is 121 cm³/mol. The summed E-state index contributed by atoms with van der Waals surface area (Å²) in [5.74, 6) is 3.99. The molecule has 1 atom stereocenters. The molecule has 0 bridgehead atoms. The first-order chi connectivity index (χ1) is 15.0. The number of anilines is 1. The van der Waals surface area contributed by atoms with Gasteiger partial charge in [-0.25, -0.2) is 4.99 Å². The van der Waals surface area contributed by atoms with Gasteiger partial charge >= 0.3 is 0 Å². The van der Waals surface area contributed by atoms with Gasteiger partial charge in [-0.15, -0.1) is 0 Å². The van der Waals surface area contributed by atoms with Crippen molar-refractivity contribution in [2.75, 3.05) is 40.3 Å². The number of ether oxygens (including phenoxy) is 5. The number of hydrogen-bond donors (Lipinski definition) is 2. The Balaban J connectivity index is 1.86. The minimum absolute atomic E-state index is 0.178. The second-order valence-corrected chi connectivity index (χ2v) is 7.14. The van der Waals surface area contributed by atoms with Crippen LogP contribution in [0.2, 0.25) is 0 Å². The Labute approximate surface area is 183 Å². The Hall–Kier alpha value is -3.29. The highest BCUT2D eigenvalue weighted by molar-refractivity contribution is 5.94. The van der Waals surface area contributed by atoms with E-state index in [4.69, 9.17) is 28.7 Å². The standard InChI is InChI=1S/C23H31N3O5/c1-7-24-23(26-17-11-20(28-4)22(30-6)21(12-17)29-5)25-13-16-10-19-15(8-14(2)31-19)9-18(16)27-3/h9-12,14H,7-8,13H2,1-6H3,(H2,24,25,26). The topological polar surface area (TPSA) is 82.6 Å². The fraction of sp³-hybridized carbons (Fsp3) is 0.435. The van der Waals surface area contributed by atoms with Gasteiger partial charge in [-0.05, 0) is 26.0 Å². The Morgan fingerprint density at radius 2 is 1.68 bits per heavy atom. The maximum absolute atomic E-state index is 5.89. The molecule has 8 nitrogen and oxygen atoms in total. The zero-order chi connectivity index (χ0) is 22.4. The van der Waals surface area contributed by atoms with Crippen LogP contribution < -0.4 is 34.3 Å². The van der Waals surface area contributed by atoms with E-state index in [0.29, 0.717) is 36.3 Å². The molecule has 168 valence electrons. The molecular weight excluding hydrogens is 398 g/mol. The number of aliphatic imine (C=N–C) groups is 1. The lowest BCUT2D eigenvalue weighted by Gasteiger charge is -2.16. The minimum Gasteiger partial charge on any atom is -0.496 e. The van der Waals surface area contributed by atoms with E-state index < -0.39 is 0 Å². The quantitative estimate of drug-likeness (QED) is 0.490. The van der Waals surface area contributed by atoms with E-state index in [1.807, 2.05) is 31.2 Å². The maximum atomic E-state index is 5.89. The van der Waals surface area contributed by atoms with Gasteiger partial charge in [0.05, 0.1) is 35.0 Å². The summed E-state index contributed by atoms with van der Waals surface area (Å²) in [6.07, 6.45) is 1.07. The van der Waals surface area contributed by atoms with Gasteiger partial charge in [0.15, 0.2) is 17.5 Å². The highest BCUT2D eigenvalue weighted by Crippen LogP contribution is 2.40. The first-order valence-electron chi connectivity index (χ1n) is 10.2. The van der Waals surface area contributed by atoms with Crippen LogP contribution in [0.3, 0.4) is 0 Å². The van der Waals surface area contributed by atoms with Gasteiger partial charge in [0.1, 0.15) is 17.6 Å². The molecule has 2 aromatic carbocycles. The molecule has 0 aromatic heterocycles. The van der Waals surface area contributed by atoms with Crippen molar-refractivity contribution in [1.82, 2.24) is 5.32 Å². The van der Waals surface area contributed by atoms with Gasteiger partial charge in [-0.1, -0.05) is 0 Å². The van der Waals surface area contributed by atoms with Crippen molar-refractivity contribution in [1.29, 1.82) is 0 Å². The number of nitrogens with zero attached hydrogens (tertiary/aromatic N) is 1. The molecule has 31 heavy (non-hydrogen) atoms. The maximum Gasteiger partial charge on any atom is 0.203 e. The van der Waals surface area contributed by atoms with E-state index in [0.717, 1.165) is 29.2 Å². The van der Waals surface area contributed by atoms with Gasteiger partial charge in [-0.2, -0.15) is 0 Å². The van der Waals surface area contributed by atoms with E-state index >= 15 is 0 Å². The average molecular weight is 430 g/mol. The average Bonchev–Trinajstić information content (AvgIpc) is 3.14. The van der Waals surface area contributed by atoms with Crippen molar-refractivity contribution in [3.63, 3.8) is 0 Å². The molecule has 0 amide bonds. The molecule has 0 aliphatic carbocycles. The summed E-state index contributed by atoms with van der Waals surface area (Å²) < 4.78 is 27.7. The Bertz CT molecular complexity index is 920. The van der Waals surface area contributed by atoms with Crippen molar-refractivity contribution in [3.05, 3.63) is 35.4 Å². The fourth-order valence-corrected chi connectivity index (χ4v) is 3.56. The lowest BCUT2D eigenvalue weighted by Crippen LogP contribution is -2.30. The zero-order valence-corrected chi connectivity index (χ0v) is 19.0. The number of guanidine groups is 1. The monoisotopic (exact) mass is 429 g/mol. The number of benzene rings is 2. The van der Waals surface area contributed by atoms with Gasteiger partial charge < -0.3 is 34.3 Å². The van der Waals surface area contributed by atoms with Crippen LogP contribution in [0.15, 0.2) is 29.3 Å². The number of fused-ring (bicyclic) bond motifs is 1. The number of hydrogen-bond acceptors (Lipinski definition) is 6. The third-order valence-corrected chi connectivity index (χ3v) is 4.98. The first kappa shape index (κ1) is 22.4. The first-order valence-corrected chi connectivity index (χ1v) is 10.2. The Kier molecular flexibility index (Phi) is 7.33. The highest BCUT2D eigenvalue weighted by atomic mass is 16.5. The molecule has 1 unspecified atom stereocenters. The highest BCUT2D eigenvalue weighted by Gasteiger charge is 2.21.